The minimum absolute atomic E-state index is 0.0228. The molecule has 1 atom stereocenters. The molecule has 5 heteroatoms. The van der Waals surface area contributed by atoms with Crippen LogP contribution in [0.2, 0.25) is 5.02 Å². The summed E-state index contributed by atoms with van der Waals surface area (Å²) in [4.78, 5) is 28.0. The molecule has 0 saturated carbocycles. The van der Waals surface area contributed by atoms with Crippen LogP contribution in [0.5, 0.6) is 0 Å². The summed E-state index contributed by atoms with van der Waals surface area (Å²) in [5.41, 5.74) is 3.00. The van der Waals surface area contributed by atoms with Crippen molar-refractivity contribution in [2.24, 2.45) is 0 Å². The van der Waals surface area contributed by atoms with Gasteiger partial charge in [0.05, 0.1) is 0 Å². The van der Waals surface area contributed by atoms with Gasteiger partial charge in [0.15, 0.2) is 0 Å². The van der Waals surface area contributed by atoms with Gasteiger partial charge in [-0.05, 0) is 68.9 Å². The minimum atomic E-state index is -0.523. The first-order valence-corrected chi connectivity index (χ1v) is 11.4. The summed E-state index contributed by atoms with van der Waals surface area (Å²) >= 11 is 6.02. The Morgan fingerprint density at radius 3 is 2.00 bits per heavy atom. The van der Waals surface area contributed by atoms with Crippen molar-refractivity contribution in [3.05, 3.63) is 70.2 Å². The Morgan fingerprint density at radius 2 is 1.48 bits per heavy atom. The molecule has 2 amide bonds. The van der Waals surface area contributed by atoms with E-state index in [9.17, 15) is 9.59 Å². The van der Waals surface area contributed by atoms with Gasteiger partial charge in [-0.25, -0.2) is 0 Å². The molecule has 4 nitrogen and oxygen atoms in total. The van der Waals surface area contributed by atoms with E-state index in [0.29, 0.717) is 30.8 Å². The lowest BCUT2D eigenvalue weighted by Crippen LogP contribution is -2.53. The molecule has 0 radical (unpaired) electrons. The highest BCUT2D eigenvalue weighted by atomic mass is 35.5. The molecule has 168 valence electrons. The summed E-state index contributed by atoms with van der Waals surface area (Å²) in [5.74, 6) is -0.143. The number of carbonyl (C=O) groups excluding carboxylic acids is 2. The number of aryl methyl sites for hydroxylation is 2. The van der Waals surface area contributed by atoms with E-state index in [-0.39, 0.29) is 17.4 Å². The number of rotatable bonds is 9. The molecule has 2 rings (SSSR count). The number of nitrogens with one attached hydrogen (secondary N) is 1. The van der Waals surface area contributed by atoms with Crippen molar-refractivity contribution in [3.8, 4) is 0 Å². The van der Waals surface area contributed by atoms with E-state index in [2.05, 4.69) is 36.5 Å². The quantitative estimate of drug-likeness (QED) is 0.552. The van der Waals surface area contributed by atoms with Crippen molar-refractivity contribution in [1.29, 1.82) is 0 Å². The Bertz CT molecular complexity index is 854. The lowest BCUT2D eigenvalue weighted by Gasteiger charge is -2.33. The molecule has 0 aliphatic rings. The molecule has 0 aliphatic carbocycles. The van der Waals surface area contributed by atoms with Gasteiger partial charge in [0.25, 0.3) is 0 Å². The van der Waals surface area contributed by atoms with Gasteiger partial charge in [-0.3, -0.25) is 9.59 Å². The summed E-state index contributed by atoms with van der Waals surface area (Å²) < 4.78 is 0. The van der Waals surface area contributed by atoms with Crippen LogP contribution in [0.25, 0.3) is 0 Å². The molecule has 0 heterocycles. The van der Waals surface area contributed by atoms with E-state index >= 15 is 0 Å². The second kappa shape index (κ2) is 11.3. The highest BCUT2D eigenvalue weighted by molar-refractivity contribution is 6.30. The summed E-state index contributed by atoms with van der Waals surface area (Å²) in [5, 5.41) is 3.68. The van der Waals surface area contributed by atoms with Crippen LogP contribution < -0.4 is 5.32 Å². The molecule has 0 aliphatic heterocycles. The average molecular weight is 443 g/mol. The molecule has 0 bridgehead atoms. The molecule has 0 aromatic heterocycles. The number of benzene rings is 2. The van der Waals surface area contributed by atoms with Gasteiger partial charge in [0.1, 0.15) is 6.04 Å². The fourth-order valence-electron chi connectivity index (χ4n) is 3.50. The van der Waals surface area contributed by atoms with Crippen LogP contribution in [0, 0.1) is 0 Å². The fourth-order valence-corrected chi connectivity index (χ4v) is 3.62. The van der Waals surface area contributed by atoms with Gasteiger partial charge >= 0.3 is 0 Å². The molecule has 0 spiro atoms. The van der Waals surface area contributed by atoms with Crippen LogP contribution in [0.4, 0.5) is 0 Å². The van der Waals surface area contributed by atoms with Crippen molar-refractivity contribution in [3.63, 3.8) is 0 Å². The van der Waals surface area contributed by atoms with Gasteiger partial charge in [-0.2, -0.15) is 0 Å². The predicted octanol–water partition coefficient (Wildman–Crippen LogP) is 5.56. The summed E-state index contributed by atoms with van der Waals surface area (Å²) in [6.45, 7) is 10.3. The van der Waals surface area contributed by atoms with Gasteiger partial charge in [-0.1, -0.05) is 61.8 Å². The molecular weight excluding hydrogens is 408 g/mol. The fraction of sp³-hybridized carbons (Fsp3) is 0.462. The Balaban J connectivity index is 2.20. The standard InChI is InChI=1S/C26H35ClN2O2/c1-6-19-8-10-20(11-9-19)14-17-24(30)29(18-21-12-15-22(27)16-13-21)23(7-2)25(31)28-26(3,4)5/h8-13,15-16,23H,6-7,14,17-18H2,1-5H3,(H,28,31)/t23-/m1/s1. The molecule has 2 aromatic rings. The number of hydrogen-bond acceptors (Lipinski definition) is 2. The zero-order chi connectivity index (χ0) is 23.0. The van der Waals surface area contributed by atoms with E-state index in [0.717, 1.165) is 17.5 Å². The highest BCUT2D eigenvalue weighted by Crippen LogP contribution is 2.18. The van der Waals surface area contributed by atoms with E-state index in [4.69, 9.17) is 11.6 Å². The Morgan fingerprint density at radius 1 is 0.935 bits per heavy atom. The lowest BCUT2D eigenvalue weighted by atomic mass is 10.0. The number of halogens is 1. The maximum Gasteiger partial charge on any atom is 0.243 e. The molecule has 0 unspecified atom stereocenters. The number of hydrogen-bond donors (Lipinski definition) is 1. The third kappa shape index (κ3) is 8.02. The third-order valence-corrected chi connectivity index (χ3v) is 5.46. The van der Waals surface area contributed by atoms with Crippen molar-refractivity contribution < 1.29 is 9.59 Å². The maximum absolute atomic E-state index is 13.3. The summed E-state index contributed by atoms with van der Waals surface area (Å²) in [6.07, 6.45) is 2.55. The number of nitrogens with zero attached hydrogens (tertiary/aromatic N) is 1. The lowest BCUT2D eigenvalue weighted by molar-refractivity contribution is -0.142. The zero-order valence-electron chi connectivity index (χ0n) is 19.4. The largest absolute Gasteiger partial charge is 0.350 e. The molecule has 0 saturated heterocycles. The average Bonchev–Trinajstić information content (AvgIpc) is 2.72. The zero-order valence-corrected chi connectivity index (χ0v) is 20.1. The molecule has 2 aromatic carbocycles. The van der Waals surface area contributed by atoms with E-state index in [1.807, 2.05) is 52.0 Å². The first kappa shape index (κ1) is 24.9. The summed E-state index contributed by atoms with van der Waals surface area (Å²) in [7, 11) is 0. The smallest absolute Gasteiger partial charge is 0.243 e. The molecule has 0 fully saturated rings. The van der Waals surface area contributed by atoms with Crippen LogP contribution >= 0.6 is 11.6 Å². The summed E-state index contributed by atoms with van der Waals surface area (Å²) in [6, 6.07) is 15.3. The van der Waals surface area contributed by atoms with E-state index in [1.165, 1.54) is 5.56 Å². The van der Waals surface area contributed by atoms with Crippen molar-refractivity contribution in [1.82, 2.24) is 10.2 Å². The van der Waals surface area contributed by atoms with Gasteiger partial charge in [0.2, 0.25) is 11.8 Å². The minimum Gasteiger partial charge on any atom is -0.350 e. The number of amides is 2. The SMILES string of the molecule is CCc1ccc(CCC(=O)N(Cc2ccc(Cl)cc2)[C@H](CC)C(=O)NC(C)(C)C)cc1. The normalized spacial score (nSPS) is 12.3. The first-order chi connectivity index (χ1) is 14.6. The van der Waals surface area contributed by atoms with Gasteiger partial charge in [-0.15, -0.1) is 0 Å². The van der Waals surface area contributed by atoms with Crippen molar-refractivity contribution in [2.75, 3.05) is 0 Å². The van der Waals surface area contributed by atoms with Crippen LogP contribution in [-0.2, 0) is 29.0 Å². The van der Waals surface area contributed by atoms with Crippen LogP contribution in [0.1, 0.15) is 64.2 Å². The second-order valence-corrected chi connectivity index (χ2v) is 9.42. The van der Waals surface area contributed by atoms with Gasteiger partial charge in [0, 0.05) is 23.5 Å². The number of carbonyl (C=O) groups is 2. The third-order valence-electron chi connectivity index (χ3n) is 5.21. The monoisotopic (exact) mass is 442 g/mol. The molecular formula is C26H35ClN2O2. The topological polar surface area (TPSA) is 49.4 Å². The Labute approximate surface area is 192 Å². The van der Waals surface area contributed by atoms with Crippen molar-refractivity contribution in [2.45, 2.75) is 78.4 Å². The predicted molar refractivity (Wildman–Crippen MR) is 128 cm³/mol. The van der Waals surface area contributed by atoms with Crippen molar-refractivity contribution >= 4 is 23.4 Å². The van der Waals surface area contributed by atoms with Crippen LogP contribution in [0.3, 0.4) is 0 Å². The maximum atomic E-state index is 13.3. The molecule has 1 N–H and O–H groups in total. The van der Waals surface area contributed by atoms with Gasteiger partial charge < -0.3 is 10.2 Å². The molecule has 31 heavy (non-hydrogen) atoms. The van der Waals surface area contributed by atoms with Crippen LogP contribution in [-0.4, -0.2) is 28.3 Å². The van der Waals surface area contributed by atoms with E-state index < -0.39 is 6.04 Å². The van der Waals surface area contributed by atoms with Crippen LogP contribution in [0.15, 0.2) is 48.5 Å². The van der Waals surface area contributed by atoms with E-state index in [1.54, 1.807) is 4.90 Å². The Kier molecular flexibility index (Phi) is 9.12. The first-order valence-electron chi connectivity index (χ1n) is 11.1. The second-order valence-electron chi connectivity index (χ2n) is 8.98. The highest BCUT2D eigenvalue weighted by Gasteiger charge is 2.30. The Hall–Kier alpha value is -2.33.